The van der Waals surface area contributed by atoms with Crippen molar-refractivity contribution in [2.45, 2.75) is 6.92 Å². The number of carbonyl (C=O) groups is 1. The van der Waals surface area contributed by atoms with Crippen LogP contribution in [0.4, 0.5) is 11.5 Å². The molecule has 1 aromatic heterocycles. The van der Waals surface area contributed by atoms with Gasteiger partial charge in [-0.15, -0.1) is 0 Å². The van der Waals surface area contributed by atoms with Gasteiger partial charge >= 0.3 is 0 Å². The van der Waals surface area contributed by atoms with E-state index in [9.17, 15) is 4.79 Å². The number of benzene rings is 2. The molecule has 1 heterocycles. The van der Waals surface area contributed by atoms with Crippen LogP contribution in [-0.4, -0.2) is 29.0 Å². The molecule has 0 aliphatic carbocycles. The highest BCUT2D eigenvalue weighted by molar-refractivity contribution is 5.99. The average molecular weight is 321 g/mol. The first-order valence-electron chi connectivity index (χ1n) is 7.73. The fraction of sp³-hybridized carbons (Fsp3) is 0.167. The van der Waals surface area contributed by atoms with Crippen molar-refractivity contribution in [2.24, 2.45) is 0 Å². The highest BCUT2D eigenvalue weighted by Gasteiger charge is 2.08. The Labute approximate surface area is 140 Å². The third-order valence-corrected chi connectivity index (χ3v) is 3.70. The number of fused-ring (bicyclic) bond motifs is 1. The van der Waals surface area contributed by atoms with Crippen LogP contribution in [-0.2, 0) is 0 Å². The zero-order valence-electron chi connectivity index (χ0n) is 13.4. The van der Waals surface area contributed by atoms with Crippen LogP contribution in [0.25, 0.3) is 10.9 Å². The molecular weight excluding hydrogens is 302 g/mol. The smallest absolute Gasteiger partial charge is 0.253 e. The number of para-hydroxylation sites is 1. The lowest BCUT2D eigenvalue weighted by molar-refractivity contribution is 0.0956. The van der Waals surface area contributed by atoms with Crippen molar-refractivity contribution in [3.8, 4) is 0 Å². The maximum atomic E-state index is 12.1. The van der Waals surface area contributed by atoms with Crippen LogP contribution in [0.5, 0.6) is 0 Å². The molecule has 0 aliphatic heterocycles. The summed E-state index contributed by atoms with van der Waals surface area (Å²) < 4.78 is 0. The van der Waals surface area contributed by atoms with E-state index < -0.39 is 0 Å². The Kier molecular flexibility index (Phi) is 4.56. The van der Waals surface area contributed by atoms with E-state index in [0.29, 0.717) is 24.3 Å². The van der Waals surface area contributed by atoms with Gasteiger partial charge in [0.15, 0.2) is 0 Å². The van der Waals surface area contributed by atoms with Crippen molar-refractivity contribution in [1.29, 1.82) is 0 Å². The Balaban J connectivity index is 1.60. The second-order valence-corrected chi connectivity index (χ2v) is 5.51. The fourth-order valence-electron chi connectivity index (χ4n) is 2.47. The van der Waals surface area contributed by atoms with Gasteiger partial charge < -0.3 is 16.4 Å². The predicted molar refractivity (Wildman–Crippen MR) is 96.0 cm³/mol. The molecule has 122 valence electrons. The minimum absolute atomic E-state index is 0.182. The highest BCUT2D eigenvalue weighted by Crippen LogP contribution is 2.20. The Hall–Kier alpha value is -3.15. The summed E-state index contributed by atoms with van der Waals surface area (Å²) in [6.45, 7) is 3.05. The van der Waals surface area contributed by atoms with Gasteiger partial charge in [-0.2, -0.15) is 0 Å². The zero-order chi connectivity index (χ0) is 16.9. The topological polar surface area (TPSA) is 92.9 Å². The summed E-state index contributed by atoms with van der Waals surface area (Å²) in [5.41, 5.74) is 8.79. The number of rotatable bonds is 5. The third kappa shape index (κ3) is 3.43. The van der Waals surface area contributed by atoms with E-state index >= 15 is 0 Å². The number of anilines is 2. The fourth-order valence-corrected chi connectivity index (χ4v) is 2.47. The van der Waals surface area contributed by atoms with Crippen LogP contribution < -0.4 is 16.4 Å². The highest BCUT2D eigenvalue weighted by atomic mass is 16.1. The van der Waals surface area contributed by atoms with E-state index in [4.69, 9.17) is 5.73 Å². The van der Waals surface area contributed by atoms with Crippen molar-refractivity contribution >= 4 is 28.3 Å². The molecule has 6 heteroatoms. The minimum atomic E-state index is -0.182. The van der Waals surface area contributed by atoms with Crippen LogP contribution >= 0.6 is 0 Å². The standard InChI is InChI=1S/C18H19N5O/c1-12-6-7-16-14(10-12)17(23-11-22-16)20-8-9-21-18(24)13-4-2-3-5-15(13)19/h2-7,10-11H,8-9,19H2,1H3,(H,21,24)(H,20,22,23). The lowest BCUT2D eigenvalue weighted by Crippen LogP contribution is -2.29. The second kappa shape index (κ2) is 6.95. The normalized spacial score (nSPS) is 10.5. The number of amides is 1. The summed E-state index contributed by atoms with van der Waals surface area (Å²) >= 11 is 0. The first kappa shape index (κ1) is 15.7. The van der Waals surface area contributed by atoms with Crippen LogP contribution in [0, 0.1) is 6.92 Å². The molecule has 0 saturated carbocycles. The summed E-state index contributed by atoms with van der Waals surface area (Å²) in [7, 11) is 0. The summed E-state index contributed by atoms with van der Waals surface area (Å²) in [5, 5.41) is 7.05. The van der Waals surface area contributed by atoms with Gasteiger partial charge in [0.1, 0.15) is 12.1 Å². The molecule has 0 atom stereocenters. The lowest BCUT2D eigenvalue weighted by Gasteiger charge is -2.10. The molecule has 0 saturated heterocycles. The molecule has 3 aromatic rings. The number of aryl methyl sites for hydroxylation is 1. The van der Waals surface area contributed by atoms with E-state index in [1.54, 1.807) is 24.3 Å². The molecule has 0 spiro atoms. The molecule has 1 amide bonds. The minimum Gasteiger partial charge on any atom is -0.398 e. The van der Waals surface area contributed by atoms with Crippen LogP contribution in [0.3, 0.4) is 0 Å². The van der Waals surface area contributed by atoms with Gasteiger partial charge in [-0.1, -0.05) is 23.8 Å². The average Bonchev–Trinajstić information content (AvgIpc) is 2.59. The number of nitrogens with two attached hydrogens (primary N) is 1. The van der Waals surface area contributed by atoms with E-state index in [2.05, 4.69) is 20.6 Å². The third-order valence-electron chi connectivity index (χ3n) is 3.70. The predicted octanol–water partition coefficient (Wildman–Crippen LogP) is 2.36. The van der Waals surface area contributed by atoms with Gasteiger partial charge in [-0.05, 0) is 31.2 Å². The number of nitrogens with zero attached hydrogens (tertiary/aromatic N) is 2. The number of hydrogen-bond donors (Lipinski definition) is 3. The summed E-state index contributed by atoms with van der Waals surface area (Å²) in [5.74, 6) is 0.579. The van der Waals surface area contributed by atoms with Gasteiger partial charge in [0, 0.05) is 24.2 Å². The Morgan fingerprint density at radius 2 is 1.96 bits per heavy atom. The molecule has 0 radical (unpaired) electrons. The first-order chi connectivity index (χ1) is 11.6. The molecule has 24 heavy (non-hydrogen) atoms. The monoisotopic (exact) mass is 321 g/mol. The van der Waals surface area contributed by atoms with Crippen molar-refractivity contribution in [1.82, 2.24) is 15.3 Å². The molecule has 3 rings (SSSR count). The molecule has 0 unspecified atom stereocenters. The van der Waals surface area contributed by atoms with Crippen LogP contribution in [0.2, 0.25) is 0 Å². The quantitative estimate of drug-likeness (QED) is 0.495. The molecule has 4 N–H and O–H groups in total. The first-order valence-corrected chi connectivity index (χ1v) is 7.73. The van der Waals surface area contributed by atoms with E-state index in [0.717, 1.165) is 22.3 Å². The number of nitrogen functional groups attached to an aromatic ring is 1. The number of hydrogen-bond acceptors (Lipinski definition) is 5. The maximum Gasteiger partial charge on any atom is 0.253 e. The SMILES string of the molecule is Cc1ccc2ncnc(NCCNC(=O)c3ccccc3N)c2c1. The Bertz CT molecular complexity index is 878. The number of nitrogens with one attached hydrogen (secondary N) is 2. The van der Waals surface area contributed by atoms with Crippen molar-refractivity contribution in [3.63, 3.8) is 0 Å². The molecular formula is C18H19N5O. The molecule has 6 nitrogen and oxygen atoms in total. The van der Waals surface area contributed by atoms with Crippen molar-refractivity contribution < 1.29 is 4.79 Å². The van der Waals surface area contributed by atoms with Gasteiger partial charge in [0.25, 0.3) is 5.91 Å². The van der Waals surface area contributed by atoms with Crippen molar-refractivity contribution in [3.05, 3.63) is 59.9 Å². The van der Waals surface area contributed by atoms with Gasteiger partial charge in [0.2, 0.25) is 0 Å². The number of aromatic nitrogens is 2. The summed E-state index contributed by atoms with van der Waals surface area (Å²) in [4.78, 5) is 20.6. The van der Waals surface area contributed by atoms with Crippen LogP contribution in [0.15, 0.2) is 48.8 Å². The van der Waals surface area contributed by atoms with Crippen LogP contribution in [0.1, 0.15) is 15.9 Å². The Morgan fingerprint density at radius 1 is 1.12 bits per heavy atom. The van der Waals surface area contributed by atoms with E-state index in [1.165, 1.54) is 6.33 Å². The van der Waals surface area contributed by atoms with Gasteiger partial charge in [-0.3, -0.25) is 4.79 Å². The molecule has 0 bridgehead atoms. The maximum absolute atomic E-state index is 12.1. The zero-order valence-corrected chi connectivity index (χ0v) is 13.4. The molecule has 0 aliphatic rings. The van der Waals surface area contributed by atoms with Crippen molar-refractivity contribution in [2.75, 3.05) is 24.1 Å². The summed E-state index contributed by atoms with van der Waals surface area (Å²) in [6, 6.07) is 13.0. The molecule has 2 aromatic carbocycles. The Morgan fingerprint density at radius 3 is 2.79 bits per heavy atom. The van der Waals surface area contributed by atoms with E-state index in [-0.39, 0.29) is 5.91 Å². The molecule has 0 fully saturated rings. The summed E-state index contributed by atoms with van der Waals surface area (Å²) in [6.07, 6.45) is 1.53. The van der Waals surface area contributed by atoms with Gasteiger partial charge in [0.05, 0.1) is 11.1 Å². The van der Waals surface area contributed by atoms with E-state index in [1.807, 2.05) is 25.1 Å². The van der Waals surface area contributed by atoms with Gasteiger partial charge in [-0.25, -0.2) is 9.97 Å². The number of carbonyl (C=O) groups excluding carboxylic acids is 1. The lowest BCUT2D eigenvalue weighted by atomic mass is 10.1. The largest absolute Gasteiger partial charge is 0.398 e. The second-order valence-electron chi connectivity index (χ2n) is 5.51.